The summed E-state index contributed by atoms with van der Waals surface area (Å²) < 4.78 is 0.904. The van der Waals surface area contributed by atoms with E-state index in [2.05, 4.69) is 21.2 Å². The molecular formula is C15H11BrClNO3. The molecule has 1 amide bonds. The van der Waals surface area contributed by atoms with Crippen LogP contribution in [0.1, 0.15) is 15.9 Å². The number of carbonyl (C=O) groups excluding carboxylic acids is 1. The summed E-state index contributed by atoms with van der Waals surface area (Å²) >= 11 is 9.20. The van der Waals surface area contributed by atoms with Gasteiger partial charge in [-0.2, -0.15) is 0 Å². The topological polar surface area (TPSA) is 66.4 Å². The fourth-order valence-corrected chi connectivity index (χ4v) is 2.51. The van der Waals surface area contributed by atoms with Crippen molar-refractivity contribution in [2.24, 2.45) is 0 Å². The molecule has 2 rings (SSSR count). The summed E-state index contributed by atoms with van der Waals surface area (Å²) in [6.07, 6.45) is 0.220. The zero-order valence-corrected chi connectivity index (χ0v) is 13.1. The van der Waals surface area contributed by atoms with E-state index < -0.39 is 5.97 Å². The molecule has 0 aromatic heterocycles. The van der Waals surface area contributed by atoms with Gasteiger partial charge in [0.05, 0.1) is 17.0 Å². The summed E-state index contributed by atoms with van der Waals surface area (Å²) in [5, 5.41) is 11.7. The number of halogens is 2. The van der Waals surface area contributed by atoms with Gasteiger partial charge in [-0.25, -0.2) is 4.79 Å². The molecule has 21 heavy (non-hydrogen) atoms. The second-order valence-electron chi connectivity index (χ2n) is 4.35. The van der Waals surface area contributed by atoms with Gasteiger partial charge in [-0.15, -0.1) is 0 Å². The average Bonchev–Trinajstić information content (AvgIpc) is 2.38. The van der Waals surface area contributed by atoms with Crippen molar-refractivity contribution >= 4 is 45.1 Å². The first-order valence-corrected chi connectivity index (χ1v) is 7.20. The predicted octanol–water partition coefficient (Wildman–Crippen LogP) is 3.98. The lowest BCUT2D eigenvalue weighted by Gasteiger charge is -2.07. The summed E-state index contributed by atoms with van der Waals surface area (Å²) in [4.78, 5) is 22.8. The molecule has 0 aliphatic carbocycles. The lowest BCUT2D eigenvalue weighted by Crippen LogP contribution is -2.14. The third-order valence-corrected chi connectivity index (χ3v) is 3.54. The first-order valence-electron chi connectivity index (χ1n) is 6.03. The lowest BCUT2D eigenvalue weighted by atomic mass is 10.1. The average molecular weight is 369 g/mol. The van der Waals surface area contributed by atoms with Crippen molar-refractivity contribution in [3.63, 3.8) is 0 Å². The van der Waals surface area contributed by atoms with Crippen molar-refractivity contribution in [1.82, 2.24) is 0 Å². The van der Waals surface area contributed by atoms with Gasteiger partial charge < -0.3 is 10.4 Å². The number of benzene rings is 2. The Morgan fingerprint density at radius 2 is 1.95 bits per heavy atom. The number of hydrogen-bond acceptors (Lipinski definition) is 2. The molecule has 6 heteroatoms. The Kier molecular flexibility index (Phi) is 4.98. The number of rotatable bonds is 4. The van der Waals surface area contributed by atoms with E-state index in [0.717, 1.165) is 10.0 Å². The van der Waals surface area contributed by atoms with Crippen LogP contribution in [0.4, 0.5) is 5.69 Å². The van der Waals surface area contributed by atoms with Crippen molar-refractivity contribution in [1.29, 1.82) is 0 Å². The highest BCUT2D eigenvalue weighted by Gasteiger charge is 2.10. The molecule has 108 valence electrons. The Bertz CT molecular complexity index is 703. The van der Waals surface area contributed by atoms with Crippen molar-refractivity contribution in [2.75, 3.05) is 5.32 Å². The van der Waals surface area contributed by atoms with E-state index in [0.29, 0.717) is 5.69 Å². The van der Waals surface area contributed by atoms with Gasteiger partial charge in [0.25, 0.3) is 0 Å². The van der Waals surface area contributed by atoms with Crippen LogP contribution in [0.3, 0.4) is 0 Å². The Morgan fingerprint density at radius 3 is 2.57 bits per heavy atom. The molecule has 0 spiro atoms. The highest BCUT2D eigenvalue weighted by Crippen LogP contribution is 2.21. The van der Waals surface area contributed by atoms with Crippen LogP contribution in [-0.2, 0) is 11.2 Å². The van der Waals surface area contributed by atoms with Gasteiger partial charge in [0.1, 0.15) is 0 Å². The molecule has 0 fully saturated rings. The molecule has 0 atom stereocenters. The van der Waals surface area contributed by atoms with E-state index in [1.165, 1.54) is 18.2 Å². The molecule has 0 saturated heterocycles. The second-order valence-corrected chi connectivity index (χ2v) is 5.68. The number of nitrogens with one attached hydrogen (secondary N) is 1. The van der Waals surface area contributed by atoms with Gasteiger partial charge in [0, 0.05) is 10.2 Å². The summed E-state index contributed by atoms with van der Waals surface area (Å²) in [5.41, 5.74) is 1.33. The van der Waals surface area contributed by atoms with Crippen LogP contribution in [0.2, 0.25) is 5.02 Å². The molecule has 2 aromatic carbocycles. The third kappa shape index (κ3) is 4.31. The van der Waals surface area contributed by atoms with E-state index in [1.807, 2.05) is 24.3 Å². The van der Waals surface area contributed by atoms with Gasteiger partial charge >= 0.3 is 5.97 Å². The van der Waals surface area contributed by atoms with Crippen molar-refractivity contribution < 1.29 is 14.7 Å². The van der Waals surface area contributed by atoms with Crippen LogP contribution >= 0.6 is 27.5 Å². The fourth-order valence-electron chi connectivity index (χ4n) is 1.80. The Hall–Kier alpha value is -1.85. The van der Waals surface area contributed by atoms with Crippen LogP contribution in [-0.4, -0.2) is 17.0 Å². The zero-order valence-electron chi connectivity index (χ0n) is 10.8. The number of carbonyl (C=O) groups is 2. The predicted molar refractivity (Wildman–Crippen MR) is 84.9 cm³/mol. The number of amides is 1. The molecule has 0 heterocycles. The minimum atomic E-state index is -1.10. The maximum absolute atomic E-state index is 11.9. The van der Waals surface area contributed by atoms with Crippen molar-refractivity contribution in [3.8, 4) is 0 Å². The third-order valence-electron chi connectivity index (χ3n) is 2.74. The zero-order chi connectivity index (χ0) is 15.4. The normalized spacial score (nSPS) is 10.2. The van der Waals surface area contributed by atoms with Gasteiger partial charge in [-0.1, -0.05) is 39.7 Å². The van der Waals surface area contributed by atoms with Crippen molar-refractivity contribution in [2.45, 2.75) is 6.42 Å². The van der Waals surface area contributed by atoms with Gasteiger partial charge in [0.15, 0.2) is 0 Å². The smallest absolute Gasteiger partial charge is 0.337 e. The van der Waals surface area contributed by atoms with Gasteiger partial charge in [-0.3, -0.25) is 4.79 Å². The number of anilines is 1. The minimum Gasteiger partial charge on any atom is -0.478 e. The summed E-state index contributed by atoms with van der Waals surface area (Å²) in [6, 6.07) is 11.7. The summed E-state index contributed by atoms with van der Waals surface area (Å²) in [5.74, 6) is -1.31. The molecule has 0 aliphatic rings. The molecule has 0 saturated carbocycles. The van der Waals surface area contributed by atoms with E-state index >= 15 is 0 Å². The van der Waals surface area contributed by atoms with Gasteiger partial charge in [0.2, 0.25) is 5.91 Å². The molecule has 0 radical (unpaired) electrons. The molecule has 2 aromatic rings. The number of carboxylic acids is 1. The fraction of sp³-hybridized carbons (Fsp3) is 0.0667. The van der Waals surface area contributed by atoms with Crippen LogP contribution < -0.4 is 5.32 Å². The Labute approximate surface area is 134 Å². The number of carboxylic acid groups (broad SMARTS) is 1. The number of hydrogen-bond donors (Lipinski definition) is 2. The summed E-state index contributed by atoms with van der Waals surface area (Å²) in [6.45, 7) is 0. The molecule has 2 N–H and O–H groups in total. The Morgan fingerprint density at radius 1 is 1.19 bits per heavy atom. The van der Waals surface area contributed by atoms with Gasteiger partial charge in [-0.05, 0) is 35.9 Å². The molecule has 0 unspecified atom stereocenters. The van der Waals surface area contributed by atoms with E-state index in [9.17, 15) is 9.59 Å². The van der Waals surface area contributed by atoms with E-state index in [4.69, 9.17) is 16.7 Å². The SMILES string of the molecule is O=C(Cc1cccc(Br)c1)Nc1ccc(C(=O)O)c(Cl)c1. The molecule has 0 aliphatic heterocycles. The van der Waals surface area contributed by atoms with Crippen LogP contribution in [0, 0.1) is 0 Å². The largest absolute Gasteiger partial charge is 0.478 e. The van der Waals surface area contributed by atoms with E-state index in [1.54, 1.807) is 0 Å². The maximum atomic E-state index is 11.9. The quantitative estimate of drug-likeness (QED) is 0.858. The Balaban J connectivity index is 2.06. The second kappa shape index (κ2) is 6.74. The minimum absolute atomic E-state index is 0.00153. The van der Waals surface area contributed by atoms with E-state index in [-0.39, 0.29) is 22.9 Å². The summed E-state index contributed by atoms with van der Waals surface area (Å²) in [7, 11) is 0. The molecular weight excluding hydrogens is 358 g/mol. The van der Waals surface area contributed by atoms with Crippen LogP contribution in [0.15, 0.2) is 46.9 Å². The first kappa shape index (κ1) is 15.5. The molecule has 0 bridgehead atoms. The lowest BCUT2D eigenvalue weighted by molar-refractivity contribution is -0.115. The van der Waals surface area contributed by atoms with Crippen molar-refractivity contribution in [3.05, 3.63) is 63.1 Å². The molecule has 4 nitrogen and oxygen atoms in total. The highest BCUT2D eigenvalue weighted by atomic mass is 79.9. The maximum Gasteiger partial charge on any atom is 0.337 e. The van der Waals surface area contributed by atoms with Crippen LogP contribution in [0.5, 0.6) is 0 Å². The number of aromatic carboxylic acids is 1. The van der Waals surface area contributed by atoms with Crippen LogP contribution in [0.25, 0.3) is 0 Å². The monoisotopic (exact) mass is 367 g/mol. The standard InChI is InChI=1S/C15H11BrClNO3/c16-10-3-1-2-9(6-10)7-14(19)18-11-4-5-12(15(20)21)13(17)8-11/h1-6,8H,7H2,(H,18,19)(H,20,21). The highest BCUT2D eigenvalue weighted by molar-refractivity contribution is 9.10. The first-order chi connectivity index (χ1) is 9.95.